The molecule has 0 fully saturated rings. The Morgan fingerprint density at radius 2 is 1.92 bits per heavy atom. The molecule has 0 rings (SSSR count). The van der Waals surface area contributed by atoms with Crippen LogP contribution in [0.4, 0.5) is 0 Å². The highest BCUT2D eigenvalue weighted by atomic mass is 16.5. The Morgan fingerprint density at radius 3 is 2.23 bits per heavy atom. The number of methoxy groups -OCH3 is 1. The zero-order valence-electron chi connectivity index (χ0n) is 8.25. The van der Waals surface area contributed by atoms with Crippen LogP contribution in [0.1, 0.15) is 20.8 Å². The standard InChI is InChI=1S/C8H15NO4/c1-5(10)6(11)9-8(2,3)7(12)13-4/h5,10H,1-4H3,(H,9,11)/t5-/m1/s1. The third kappa shape index (κ3) is 3.42. The van der Waals surface area contributed by atoms with Gasteiger partial charge in [0.05, 0.1) is 7.11 Å². The fourth-order valence-electron chi connectivity index (χ4n) is 0.719. The Hall–Kier alpha value is -1.10. The van der Waals surface area contributed by atoms with E-state index in [4.69, 9.17) is 5.11 Å². The molecule has 0 saturated carbocycles. The van der Waals surface area contributed by atoms with E-state index in [2.05, 4.69) is 10.1 Å². The predicted octanol–water partition coefficient (Wildman–Crippen LogP) is -0.565. The summed E-state index contributed by atoms with van der Waals surface area (Å²) in [5, 5.41) is 11.2. The summed E-state index contributed by atoms with van der Waals surface area (Å²) in [5.74, 6) is -1.16. The topological polar surface area (TPSA) is 75.6 Å². The third-order valence-corrected chi connectivity index (χ3v) is 1.51. The number of aliphatic hydroxyl groups excluding tert-OH is 1. The molecule has 1 atom stereocenters. The second-order valence-electron chi connectivity index (χ2n) is 3.28. The van der Waals surface area contributed by atoms with Crippen LogP contribution < -0.4 is 5.32 Å². The average molecular weight is 189 g/mol. The Labute approximate surface area is 77.1 Å². The first-order valence-corrected chi connectivity index (χ1v) is 3.89. The Morgan fingerprint density at radius 1 is 1.46 bits per heavy atom. The van der Waals surface area contributed by atoms with Crippen LogP contribution in [0.25, 0.3) is 0 Å². The average Bonchev–Trinajstić information content (AvgIpc) is 2.01. The van der Waals surface area contributed by atoms with Gasteiger partial charge in [-0.25, -0.2) is 4.79 Å². The van der Waals surface area contributed by atoms with E-state index in [-0.39, 0.29) is 0 Å². The first-order valence-electron chi connectivity index (χ1n) is 3.89. The number of aliphatic hydroxyl groups is 1. The van der Waals surface area contributed by atoms with Crippen LogP contribution in [0.5, 0.6) is 0 Å². The van der Waals surface area contributed by atoms with Gasteiger partial charge in [-0.1, -0.05) is 0 Å². The Bertz CT molecular complexity index is 210. The molecule has 0 unspecified atom stereocenters. The van der Waals surface area contributed by atoms with E-state index in [9.17, 15) is 9.59 Å². The molecule has 2 N–H and O–H groups in total. The lowest BCUT2D eigenvalue weighted by molar-refractivity contribution is -0.150. The lowest BCUT2D eigenvalue weighted by atomic mass is 10.1. The molecule has 76 valence electrons. The van der Waals surface area contributed by atoms with Crippen LogP contribution in [0, 0.1) is 0 Å². The van der Waals surface area contributed by atoms with E-state index in [1.54, 1.807) is 0 Å². The zero-order valence-corrected chi connectivity index (χ0v) is 8.25. The molecule has 0 bridgehead atoms. The summed E-state index contributed by atoms with van der Waals surface area (Å²) in [5.41, 5.74) is -1.11. The summed E-state index contributed by atoms with van der Waals surface area (Å²) in [6.45, 7) is 4.32. The van der Waals surface area contributed by atoms with Crippen molar-refractivity contribution in [3.05, 3.63) is 0 Å². The lowest BCUT2D eigenvalue weighted by Gasteiger charge is -2.23. The first kappa shape index (κ1) is 11.9. The molecule has 0 aliphatic carbocycles. The van der Waals surface area contributed by atoms with Gasteiger partial charge < -0.3 is 15.2 Å². The number of rotatable bonds is 3. The number of ether oxygens (including phenoxy) is 1. The van der Waals surface area contributed by atoms with Crippen LogP contribution in [-0.2, 0) is 14.3 Å². The van der Waals surface area contributed by atoms with E-state index in [1.807, 2.05) is 0 Å². The maximum Gasteiger partial charge on any atom is 0.330 e. The number of esters is 1. The predicted molar refractivity (Wildman–Crippen MR) is 45.9 cm³/mol. The van der Waals surface area contributed by atoms with Crippen molar-refractivity contribution in [3.63, 3.8) is 0 Å². The van der Waals surface area contributed by atoms with Crippen molar-refractivity contribution in [2.75, 3.05) is 7.11 Å². The summed E-state index contributed by atoms with van der Waals surface area (Å²) in [6, 6.07) is 0. The van der Waals surface area contributed by atoms with Gasteiger partial charge >= 0.3 is 5.97 Å². The van der Waals surface area contributed by atoms with E-state index in [0.29, 0.717) is 0 Å². The number of hydrogen-bond acceptors (Lipinski definition) is 4. The van der Waals surface area contributed by atoms with Gasteiger partial charge in [0.25, 0.3) is 0 Å². The van der Waals surface area contributed by atoms with Crippen LogP contribution in [0.15, 0.2) is 0 Å². The van der Waals surface area contributed by atoms with Crippen molar-refractivity contribution in [2.24, 2.45) is 0 Å². The summed E-state index contributed by atoms with van der Waals surface area (Å²) in [6.07, 6.45) is -1.14. The SMILES string of the molecule is COC(=O)C(C)(C)NC(=O)[C@@H](C)O. The molecular formula is C8H15NO4. The van der Waals surface area contributed by atoms with Gasteiger partial charge in [-0.3, -0.25) is 4.79 Å². The van der Waals surface area contributed by atoms with Crippen molar-refractivity contribution in [1.29, 1.82) is 0 Å². The lowest BCUT2D eigenvalue weighted by Crippen LogP contribution is -2.52. The molecule has 0 heterocycles. The summed E-state index contributed by atoms with van der Waals surface area (Å²) in [4.78, 5) is 22.1. The minimum Gasteiger partial charge on any atom is -0.467 e. The second-order valence-corrected chi connectivity index (χ2v) is 3.28. The molecule has 0 aromatic rings. The fraction of sp³-hybridized carbons (Fsp3) is 0.750. The van der Waals surface area contributed by atoms with Crippen molar-refractivity contribution in [2.45, 2.75) is 32.4 Å². The Kier molecular flexibility index (Phi) is 3.87. The second kappa shape index (κ2) is 4.23. The van der Waals surface area contributed by atoms with Gasteiger partial charge in [-0.2, -0.15) is 0 Å². The molecule has 0 aliphatic rings. The van der Waals surface area contributed by atoms with Crippen molar-refractivity contribution < 1.29 is 19.4 Å². The number of hydrogen-bond donors (Lipinski definition) is 2. The molecule has 5 heteroatoms. The zero-order chi connectivity index (χ0) is 10.6. The van der Waals surface area contributed by atoms with Gasteiger partial charge in [-0.05, 0) is 20.8 Å². The van der Waals surface area contributed by atoms with Gasteiger partial charge in [0.15, 0.2) is 0 Å². The van der Waals surface area contributed by atoms with Crippen LogP contribution in [0.2, 0.25) is 0 Å². The minimum absolute atomic E-state index is 0.554. The van der Waals surface area contributed by atoms with Crippen molar-refractivity contribution in [3.8, 4) is 0 Å². The third-order valence-electron chi connectivity index (χ3n) is 1.51. The minimum atomic E-state index is -1.14. The summed E-state index contributed by atoms with van der Waals surface area (Å²) < 4.78 is 4.46. The molecule has 0 spiro atoms. The summed E-state index contributed by atoms with van der Waals surface area (Å²) >= 11 is 0. The number of nitrogens with one attached hydrogen (secondary N) is 1. The molecule has 0 radical (unpaired) electrons. The van der Waals surface area contributed by atoms with E-state index in [0.717, 1.165) is 0 Å². The molecule has 13 heavy (non-hydrogen) atoms. The van der Waals surface area contributed by atoms with Crippen molar-refractivity contribution in [1.82, 2.24) is 5.32 Å². The monoisotopic (exact) mass is 189 g/mol. The van der Waals surface area contributed by atoms with Gasteiger partial charge in [0.1, 0.15) is 11.6 Å². The Balaban J connectivity index is 4.33. The molecular weight excluding hydrogens is 174 g/mol. The largest absolute Gasteiger partial charge is 0.467 e. The quantitative estimate of drug-likeness (QED) is 0.583. The van der Waals surface area contributed by atoms with E-state index >= 15 is 0 Å². The van der Waals surface area contributed by atoms with E-state index < -0.39 is 23.5 Å². The highest BCUT2D eigenvalue weighted by Gasteiger charge is 2.31. The van der Waals surface area contributed by atoms with E-state index in [1.165, 1.54) is 27.9 Å². The number of carbonyl (C=O) groups excluding carboxylic acids is 2. The first-order chi connectivity index (χ1) is 5.81. The molecule has 5 nitrogen and oxygen atoms in total. The molecule has 0 aromatic carbocycles. The van der Waals surface area contributed by atoms with Crippen LogP contribution >= 0.6 is 0 Å². The normalized spacial score (nSPS) is 13.3. The molecule has 1 amide bonds. The highest BCUT2D eigenvalue weighted by molar-refractivity contribution is 5.88. The molecule has 0 saturated heterocycles. The molecule has 0 aliphatic heterocycles. The van der Waals surface area contributed by atoms with Gasteiger partial charge in [0.2, 0.25) is 5.91 Å². The number of carbonyl (C=O) groups is 2. The maximum atomic E-state index is 11.1. The van der Waals surface area contributed by atoms with Crippen LogP contribution in [0.3, 0.4) is 0 Å². The van der Waals surface area contributed by atoms with Gasteiger partial charge in [-0.15, -0.1) is 0 Å². The number of amides is 1. The molecule has 0 aromatic heterocycles. The maximum absolute atomic E-state index is 11.1. The van der Waals surface area contributed by atoms with Gasteiger partial charge in [0, 0.05) is 0 Å². The highest BCUT2D eigenvalue weighted by Crippen LogP contribution is 2.04. The fourth-order valence-corrected chi connectivity index (χ4v) is 0.719. The van der Waals surface area contributed by atoms with Crippen LogP contribution in [-0.4, -0.2) is 35.7 Å². The summed E-state index contributed by atoms with van der Waals surface area (Å²) in [7, 11) is 1.23. The van der Waals surface area contributed by atoms with Crippen molar-refractivity contribution >= 4 is 11.9 Å². The smallest absolute Gasteiger partial charge is 0.330 e.